The lowest BCUT2D eigenvalue weighted by Gasteiger charge is -2.04. The molecular formula is C20H12F2N4O3S. The Hall–Kier alpha value is -3.92. The lowest BCUT2D eigenvalue weighted by atomic mass is 10.1. The molecule has 0 aliphatic rings. The highest BCUT2D eigenvalue weighted by Gasteiger charge is 2.13. The van der Waals surface area contributed by atoms with Crippen LogP contribution in [0.5, 0.6) is 0 Å². The molecule has 0 bridgehead atoms. The fourth-order valence-corrected chi connectivity index (χ4v) is 3.44. The summed E-state index contributed by atoms with van der Waals surface area (Å²) in [7, 11) is 0. The van der Waals surface area contributed by atoms with Gasteiger partial charge < -0.3 is 4.42 Å². The number of aromatic nitrogens is 1. The zero-order chi connectivity index (χ0) is 21.1. The van der Waals surface area contributed by atoms with Gasteiger partial charge in [-0.15, -0.1) is 11.3 Å². The van der Waals surface area contributed by atoms with Crippen molar-refractivity contribution in [2.75, 3.05) is 0 Å². The van der Waals surface area contributed by atoms with Crippen LogP contribution in [0.15, 0.2) is 80.6 Å². The van der Waals surface area contributed by atoms with E-state index >= 15 is 0 Å². The lowest BCUT2D eigenvalue weighted by Crippen LogP contribution is -2.11. The standard InChI is InChI=1S/C20H12F2N4O3S/c21-13-5-7-14(8-6-13)24-20-25(23-11-15-9-10-19(29-15)26(27)28)18(12-30-20)16-3-1-2-4-17(16)22/h1-12H. The monoisotopic (exact) mass is 426 g/mol. The number of rotatable bonds is 5. The fraction of sp³-hybridized carbons (Fsp3) is 0. The summed E-state index contributed by atoms with van der Waals surface area (Å²) in [5, 5.41) is 16.8. The molecular weight excluding hydrogens is 414 g/mol. The van der Waals surface area contributed by atoms with Gasteiger partial charge >= 0.3 is 5.88 Å². The van der Waals surface area contributed by atoms with E-state index in [9.17, 15) is 18.9 Å². The molecule has 0 radical (unpaired) electrons. The highest BCUT2D eigenvalue weighted by Crippen LogP contribution is 2.24. The van der Waals surface area contributed by atoms with E-state index in [1.807, 2.05) is 0 Å². The van der Waals surface area contributed by atoms with Crippen LogP contribution in [0.4, 0.5) is 20.4 Å². The Balaban J connectivity index is 1.83. The highest BCUT2D eigenvalue weighted by atomic mass is 32.1. The average Bonchev–Trinajstić information content (AvgIpc) is 3.36. The summed E-state index contributed by atoms with van der Waals surface area (Å²) in [6, 6.07) is 14.4. The molecule has 30 heavy (non-hydrogen) atoms. The second-order valence-electron chi connectivity index (χ2n) is 5.96. The average molecular weight is 426 g/mol. The van der Waals surface area contributed by atoms with E-state index in [0.29, 0.717) is 21.7 Å². The van der Waals surface area contributed by atoms with Gasteiger partial charge in [0, 0.05) is 10.9 Å². The number of thiazole rings is 1. The van der Waals surface area contributed by atoms with Crippen LogP contribution in [0, 0.1) is 21.7 Å². The smallest absolute Gasteiger partial charge is 0.400 e. The third kappa shape index (κ3) is 4.08. The molecule has 2 aromatic carbocycles. The van der Waals surface area contributed by atoms with Crippen LogP contribution in [-0.2, 0) is 0 Å². The topological polar surface area (TPSA) is 85.9 Å². The molecule has 2 heterocycles. The van der Waals surface area contributed by atoms with E-state index in [1.54, 1.807) is 23.6 Å². The van der Waals surface area contributed by atoms with E-state index in [0.717, 1.165) is 0 Å². The highest BCUT2D eigenvalue weighted by molar-refractivity contribution is 7.07. The Morgan fingerprint density at radius 2 is 1.83 bits per heavy atom. The number of hydrogen-bond acceptors (Lipinski definition) is 6. The maximum absolute atomic E-state index is 14.4. The van der Waals surface area contributed by atoms with Crippen molar-refractivity contribution in [3.8, 4) is 11.3 Å². The summed E-state index contributed by atoms with van der Waals surface area (Å²) < 4.78 is 34.0. The van der Waals surface area contributed by atoms with Gasteiger partial charge in [-0.3, -0.25) is 10.1 Å². The van der Waals surface area contributed by atoms with Crippen molar-refractivity contribution in [2.45, 2.75) is 0 Å². The number of nitro groups is 1. The Kier molecular flexibility index (Phi) is 5.31. The third-order valence-corrected chi connectivity index (χ3v) is 4.80. The van der Waals surface area contributed by atoms with Crippen LogP contribution >= 0.6 is 11.3 Å². The Bertz CT molecular complexity index is 1310. The zero-order valence-corrected chi connectivity index (χ0v) is 15.9. The van der Waals surface area contributed by atoms with Crippen LogP contribution in [0.2, 0.25) is 0 Å². The van der Waals surface area contributed by atoms with E-state index in [2.05, 4.69) is 10.1 Å². The minimum absolute atomic E-state index is 0.146. The summed E-state index contributed by atoms with van der Waals surface area (Å²) in [5.74, 6) is -1.11. The molecule has 150 valence electrons. The van der Waals surface area contributed by atoms with Crippen molar-refractivity contribution >= 4 is 29.1 Å². The van der Waals surface area contributed by atoms with Crippen molar-refractivity contribution in [3.63, 3.8) is 0 Å². The first-order valence-electron chi connectivity index (χ1n) is 8.55. The normalized spacial score (nSPS) is 12.0. The molecule has 4 rings (SSSR count). The van der Waals surface area contributed by atoms with Crippen molar-refractivity contribution in [1.82, 2.24) is 4.68 Å². The number of benzene rings is 2. The molecule has 0 aliphatic heterocycles. The van der Waals surface area contributed by atoms with Gasteiger partial charge in [-0.2, -0.15) is 5.10 Å². The number of nitrogens with zero attached hydrogens (tertiary/aromatic N) is 4. The van der Waals surface area contributed by atoms with Gasteiger partial charge in [0.25, 0.3) is 0 Å². The van der Waals surface area contributed by atoms with Gasteiger partial charge in [0.15, 0.2) is 5.76 Å². The summed E-state index contributed by atoms with van der Waals surface area (Å²) >= 11 is 1.21. The summed E-state index contributed by atoms with van der Waals surface area (Å²) in [4.78, 5) is 15.0. The molecule has 0 saturated carbocycles. The molecule has 4 aromatic rings. The summed E-state index contributed by atoms with van der Waals surface area (Å²) in [6.07, 6.45) is 1.27. The molecule has 7 nitrogen and oxygen atoms in total. The Labute approximate surface area is 172 Å². The molecule has 0 unspecified atom stereocenters. The molecule has 0 atom stereocenters. The molecule has 0 fully saturated rings. The third-order valence-electron chi connectivity index (χ3n) is 3.98. The maximum Gasteiger partial charge on any atom is 0.433 e. The van der Waals surface area contributed by atoms with E-state index in [1.165, 1.54) is 64.7 Å². The molecule has 0 N–H and O–H groups in total. The quantitative estimate of drug-likeness (QED) is 0.252. The summed E-state index contributed by atoms with van der Waals surface area (Å²) in [5.41, 5.74) is 1.21. The van der Waals surface area contributed by atoms with Gasteiger partial charge in [-0.05, 0) is 42.5 Å². The van der Waals surface area contributed by atoms with Gasteiger partial charge in [0.1, 0.15) is 16.6 Å². The van der Waals surface area contributed by atoms with E-state index < -0.39 is 22.4 Å². The van der Waals surface area contributed by atoms with Gasteiger partial charge in [0.2, 0.25) is 4.80 Å². The predicted molar refractivity (Wildman–Crippen MR) is 108 cm³/mol. The second-order valence-corrected chi connectivity index (χ2v) is 6.80. The first-order chi connectivity index (χ1) is 14.5. The van der Waals surface area contributed by atoms with Crippen LogP contribution in [-0.4, -0.2) is 15.8 Å². The lowest BCUT2D eigenvalue weighted by molar-refractivity contribution is -0.402. The maximum atomic E-state index is 14.4. The molecule has 10 heteroatoms. The van der Waals surface area contributed by atoms with Gasteiger partial charge in [-0.25, -0.2) is 18.4 Å². The zero-order valence-electron chi connectivity index (χ0n) is 15.1. The van der Waals surface area contributed by atoms with Crippen molar-refractivity contribution < 1.29 is 18.1 Å². The Morgan fingerprint density at radius 1 is 1.07 bits per heavy atom. The van der Waals surface area contributed by atoms with Crippen LogP contribution in [0.1, 0.15) is 5.76 Å². The molecule has 0 amide bonds. The fourth-order valence-electron chi connectivity index (χ4n) is 2.59. The van der Waals surface area contributed by atoms with E-state index in [-0.39, 0.29) is 5.76 Å². The van der Waals surface area contributed by atoms with E-state index in [4.69, 9.17) is 4.42 Å². The SMILES string of the molecule is O=[N+]([O-])c1ccc(C=Nn2c(-c3ccccc3F)csc2=Nc2ccc(F)cc2)o1. The second kappa shape index (κ2) is 8.21. The van der Waals surface area contributed by atoms with Crippen molar-refractivity contribution in [1.29, 1.82) is 0 Å². The van der Waals surface area contributed by atoms with Crippen molar-refractivity contribution in [3.05, 3.63) is 98.4 Å². The summed E-state index contributed by atoms with van der Waals surface area (Å²) in [6.45, 7) is 0. The molecule has 0 aliphatic carbocycles. The predicted octanol–water partition coefficient (Wildman–Crippen LogP) is 5.11. The minimum atomic E-state index is -0.658. The van der Waals surface area contributed by atoms with Gasteiger partial charge in [0.05, 0.1) is 23.7 Å². The van der Waals surface area contributed by atoms with Crippen LogP contribution in [0.25, 0.3) is 11.3 Å². The Morgan fingerprint density at radius 3 is 2.53 bits per heavy atom. The van der Waals surface area contributed by atoms with Gasteiger partial charge in [-0.1, -0.05) is 12.1 Å². The molecule has 0 spiro atoms. The first-order valence-corrected chi connectivity index (χ1v) is 9.43. The first kappa shape index (κ1) is 19.4. The molecule has 2 aromatic heterocycles. The van der Waals surface area contributed by atoms with Crippen LogP contribution < -0.4 is 4.80 Å². The number of furan rings is 1. The number of halogens is 2. The molecule has 0 saturated heterocycles. The minimum Gasteiger partial charge on any atom is -0.400 e. The number of hydrogen-bond donors (Lipinski definition) is 0. The van der Waals surface area contributed by atoms with Crippen molar-refractivity contribution in [2.24, 2.45) is 10.1 Å². The largest absolute Gasteiger partial charge is 0.433 e. The van der Waals surface area contributed by atoms with Crippen LogP contribution in [0.3, 0.4) is 0 Å².